The second-order valence-corrected chi connectivity index (χ2v) is 7.87. The van der Waals surface area contributed by atoms with E-state index in [9.17, 15) is 18.0 Å². The molecule has 0 spiro atoms. The molecule has 1 aromatic carbocycles. The standard InChI is InChI=1S/C15H22N2O5S/c1-10-5-6-12(17-23(4,21)22)11(9-10)13(18)16-8-7-15(2,3)14(19)20/h5-6,9,17H,7-8H2,1-4H3,(H,16,18)(H,19,20). The zero-order valence-corrected chi connectivity index (χ0v) is 14.5. The van der Waals surface area contributed by atoms with E-state index in [1.165, 1.54) is 6.07 Å². The minimum atomic E-state index is -3.51. The SMILES string of the molecule is Cc1ccc(NS(C)(=O)=O)c(C(=O)NCCC(C)(C)C(=O)O)c1. The van der Waals surface area contributed by atoms with Gasteiger partial charge in [0.15, 0.2) is 0 Å². The minimum Gasteiger partial charge on any atom is -0.481 e. The Balaban J connectivity index is 2.87. The van der Waals surface area contributed by atoms with Gasteiger partial charge >= 0.3 is 5.97 Å². The number of nitrogens with one attached hydrogen (secondary N) is 2. The summed E-state index contributed by atoms with van der Waals surface area (Å²) in [5.41, 5.74) is 0.241. The third-order valence-corrected chi connectivity index (χ3v) is 3.92. The second kappa shape index (κ2) is 6.99. The molecule has 0 aliphatic heterocycles. The van der Waals surface area contributed by atoms with E-state index in [4.69, 9.17) is 5.11 Å². The smallest absolute Gasteiger partial charge is 0.309 e. The lowest BCUT2D eigenvalue weighted by atomic mass is 9.89. The van der Waals surface area contributed by atoms with E-state index in [0.717, 1.165) is 11.8 Å². The molecule has 0 saturated carbocycles. The van der Waals surface area contributed by atoms with Crippen LogP contribution in [0.4, 0.5) is 5.69 Å². The molecule has 0 saturated heterocycles. The maximum Gasteiger partial charge on any atom is 0.309 e. The Labute approximate surface area is 136 Å². The Kier molecular flexibility index (Phi) is 5.76. The molecule has 0 bridgehead atoms. The molecule has 8 heteroatoms. The number of hydrogen-bond acceptors (Lipinski definition) is 4. The first-order valence-corrected chi connectivity index (χ1v) is 8.91. The van der Waals surface area contributed by atoms with Gasteiger partial charge in [0.05, 0.1) is 22.9 Å². The number of carbonyl (C=O) groups excluding carboxylic acids is 1. The van der Waals surface area contributed by atoms with Crippen LogP contribution in [-0.4, -0.2) is 38.2 Å². The molecule has 0 radical (unpaired) electrons. The van der Waals surface area contributed by atoms with Gasteiger partial charge in [-0.2, -0.15) is 0 Å². The van der Waals surface area contributed by atoms with Crippen molar-refractivity contribution in [1.29, 1.82) is 0 Å². The molecule has 0 aliphatic rings. The highest BCUT2D eigenvalue weighted by atomic mass is 32.2. The van der Waals surface area contributed by atoms with Crippen LogP contribution < -0.4 is 10.0 Å². The molecular formula is C15H22N2O5S. The van der Waals surface area contributed by atoms with Gasteiger partial charge in [-0.1, -0.05) is 11.6 Å². The lowest BCUT2D eigenvalue weighted by Gasteiger charge is -2.19. The molecular weight excluding hydrogens is 320 g/mol. The Bertz CT molecular complexity index is 711. The lowest BCUT2D eigenvalue weighted by molar-refractivity contribution is -0.147. The highest BCUT2D eigenvalue weighted by molar-refractivity contribution is 7.92. The Hall–Kier alpha value is -2.09. The number of hydrogen-bond donors (Lipinski definition) is 3. The van der Waals surface area contributed by atoms with Crippen LogP contribution in [0.15, 0.2) is 18.2 Å². The van der Waals surface area contributed by atoms with Gasteiger partial charge in [0.2, 0.25) is 10.0 Å². The van der Waals surface area contributed by atoms with E-state index >= 15 is 0 Å². The zero-order chi connectivity index (χ0) is 17.8. The van der Waals surface area contributed by atoms with Crippen molar-refractivity contribution < 1.29 is 23.1 Å². The highest BCUT2D eigenvalue weighted by Crippen LogP contribution is 2.21. The number of rotatable bonds is 7. The van der Waals surface area contributed by atoms with Gasteiger partial charge in [0.25, 0.3) is 5.91 Å². The maximum atomic E-state index is 12.3. The maximum absolute atomic E-state index is 12.3. The predicted octanol–water partition coefficient (Wildman–Crippen LogP) is 1.60. The fourth-order valence-electron chi connectivity index (χ4n) is 1.83. The van der Waals surface area contributed by atoms with E-state index in [1.807, 2.05) is 0 Å². The van der Waals surface area contributed by atoms with Crippen LogP contribution in [0, 0.1) is 12.3 Å². The third-order valence-electron chi connectivity index (χ3n) is 3.33. The molecule has 0 heterocycles. The first-order valence-electron chi connectivity index (χ1n) is 7.02. The second-order valence-electron chi connectivity index (χ2n) is 6.12. The van der Waals surface area contributed by atoms with E-state index in [-0.39, 0.29) is 24.2 Å². The fourth-order valence-corrected chi connectivity index (χ4v) is 2.40. The van der Waals surface area contributed by atoms with Crippen LogP contribution in [0.5, 0.6) is 0 Å². The predicted molar refractivity (Wildman–Crippen MR) is 88.0 cm³/mol. The third kappa shape index (κ3) is 5.90. The van der Waals surface area contributed by atoms with Crippen LogP contribution in [-0.2, 0) is 14.8 Å². The van der Waals surface area contributed by atoms with Crippen molar-refractivity contribution in [2.75, 3.05) is 17.5 Å². The highest BCUT2D eigenvalue weighted by Gasteiger charge is 2.26. The van der Waals surface area contributed by atoms with Crippen LogP contribution in [0.2, 0.25) is 0 Å². The van der Waals surface area contributed by atoms with E-state index in [1.54, 1.807) is 32.9 Å². The summed E-state index contributed by atoms with van der Waals surface area (Å²) < 4.78 is 25.0. The average molecular weight is 342 g/mol. The van der Waals surface area contributed by atoms with Gasteiger partial charge in [-0.3, -0.25) is 14.3 Å². The van der Waals surface area contributed by atoms with Gasteiger partial charge in [0, 0.05) is 6.54 Å². The number of carboxylic acid groups (broad SMARTS) is 1. The Morgan fingerprint density at radius 2 is 1.87 bits per heavy atom. The van der Waals surface area contributed by atoms with Crippen molar-refractivity contribution in [2.24, 2.45) is 5.41 Å². The molecule has 1 rings (SSSR count). The van der Waals surface area contributed by atoms with Gasteiger partial charge in [-0.15, -0.1) is 0 Å². The Morgan fingerprint density at radius 3 is 2.39 bits per heavy atom. The van der Waals surface area contributed by atoms with Crippen LogP contribution in [0.1, 0.15) is 36.2 Å². The van der Waals surface area contributed by atoms with Crippen molar-refractivity contribution in [3.05, 3.63) is 29.3 Å². The largest absolute Gasteiger partial charge is 0.481 e. The first-order chi connectivity index (χ1) is 10.4. The molecule has 0 unspecified atom stereocenters. The summed E-state index contributed by atoms with van der Waals surface area (Å²) in [5.74, 6) is -1.40. The molecule has 23 heavy (non-hydrogen) atoms. The van der Waals surface area contributed by atoms with Gasteiger partial charge in [-0.25, -0.2) is 8.42 Å². The van der Waals surface area contributed by atoms with Crippen molar-refractivity contribution in [3.8, 4) is 0 Å². The molecule has 0 aliphatic carbocycles. The van der Waals surface area contributed by atoms with Crippen LogP contribution >= 0.6 is 0 Å². The van der Waals surface area contributed by atoms with Crippen LogP contribution in [0.3, 0.4) is 0 Å². The summed E-state index contributed by atoms with van der Waals surface area (Å²) in [5, 5.41) is 11.7. The van der Waals surface area contributed by atoms with E-state index < -0.39 is 27.3 Å². The van der Waals surface area contributed by atoms with Crippen molar-refractivity contribution in [3.63, 3.8) is 0 Å². The van der Waals surface area contributed by atoms with Gasteiger partial charge in [-0.05, 0) is 39.3 Å². The number of carboxylic acids is 1. The van der Waals surface area contributed by atoms with Crippen LogP contribution in [0.25, 0.3) is 0 Å². The summed E-state index contributed by atoms with van der Waals surface area (Å²) in [4.78, 5) is 23.3. The summed E-state index contributed by atoms with van der Waals surface area (Å²) in [6.45, 7) is 5.11. The number of benzene rings is 1. The van der Waals surface area contributed by atoms with Gasteiger partial charge < -0.3 is 10.4 Å². The summed E-state index contributed by atoms with van der Waals surface area (Å²) >= 11 is 0. The van der Waals surface area contributed by atoms with Gasteiger partial charge in [0.1, 0.15) is 0 Å². The molecule has 3 N–H and O–H groups in total. The number of sulfonamides is 1. The topological polar surface area (TPSA) is 113 Å². The minimum absolute atomic E-state index is 0.171. The van der Waals surface area contributed by atoms with Crippen molar-refractivity contribution >= 4 is 27.6 Å². The monoisotopic (exact) mass is 342 g/mol. The number of amides is 1. The summed E-state index contributed by atoms with van der Waals surface area (Å²) in [7, 11) is -3.51. The molecule has 0 fully saturated rings. The number of aryl methyl sites for hydroxylation is 1. The summed E-state index contributed by atoms with van der Waals surface area (Å²) in [6, 6.07) is 4.79. The molecule has 7 nitrogen and oxygen atoms in total. The normalized spacial score (nSPS) is 11.8. The number of aliphatic carboxylic acids is 1. The molecule has 1 amide bonds. The zero-order valence-electron chi connectivity index (χ0n) is 13.6. The van der Waals surface area contributed by atoms with E-state index in [2.05, 4.69) is 10.0 Å². The van der Waals surface area contributed by atoms with Crippen molar-refractivity contribution in [2.45, 2.75) is 27.2 Å². The number of anilines is 1. The Morgan fingerprint density at radius 1 is 1.26 bits per heavy atom. The summed E-state index contributed by atoms with van der Waals surface area (Å²) in [6.07, 6.45) is 1.26. The molecule has 0 aromatic heterocycles. The molecule has 128 valence electrons. The van der Waals surface area contributed by atoms with Crippen molar-refractivity contribution in [1.82, 2.24) is 5.32 Å². The molecule has 1 aromatic rings. The van der Waals surface area contributed by atoms with E-state index in [0.29, 0.717) is 0 Å². The molecule has 0 atom stereocenters. The number of carbonyl (C=O) groups is 2. The first kappa shape index (κ1) is 19.0. The lowest BCUT2D eigenvalue weighted by Crippen LogP contribution is -2.32. The average Bonchev–Trinajstić information content (AvgIpc) is 2.38. The quantitative estimate of drug-likeness (QED) is 0.696. The fraction of sp³-hybridized carbons (Fsp3) is 0.467.